The monoisotopic (exact) mass is 236 g/mol. The van der Waals surface area contributed by atoms with E-state index in [2.05, 4.69) is 47.0 Å². The van der Waals surface area contributed by atoms with Crippen molar-refractivity contribution in [2.75, 3.05) is 31.6 Å². The van der Waals surface area contributed by atoms with E-state index in [-0.39, 0.29) is 0 Å². The highest BCUT2D eigenvalue weighted by molar-refractivity contribution is 5.32. The summed E-state index contributed by atoms with van der Waals surface area (Å²) in [7, 11) is 4.24. The van der Waals surface area contributed by atoms with Crippen molar-refractivity contribution in [1.82, 2.24) is 14.9 Å². The van der Waals surface area contributed by atoms with Gasteiger partial charge in [-0.2, -0.15) is 0 Å². The summed E-state index contributed by atoms with van der Waals surface area (Å²) in [4.78, 5) is 6.97. The Bertz CT molecular complexity index is 352. The lowest BCUT2D eigenvalue weighted by molar-refractivity contribution is 0.376. The van der Waals surface area contributed by atoms with Crippen LogP contribution in [0.2, 0.25) is 0 Å². The first kappa shape index (κ1) is 12.4. The number of imidazole rings is 1. The molecule has 0 amide bonds. The Morgan fingerprint density at radius 3 is 2.76 bits per heavy atom. The quantitative estimate of drug-likeness (QED) is 0.858. The third-order valence-electron chi connectivity index (χ3n) is 3.60. The molecule has 17 heavy (non-hydrogen) atoms. The van der Waals surface area contributed by atoms with E-state index in [1.807, 2.05) is 0 Å². The lowest BCUT2D eigenvalue weighted by Crippen LogP contribution is -2.35. The number of nitrogens with one attached hydrogen (secondary N) is 1. The van der Waals surface area contributed by atoms with Crippen molar-refractivity contribution in [3.05, 3.63) is 11.9 Å². The van der Waals surface area contributed by atoms with Crippen LogP contribution in [0.4, 0.5) is 5.95 Å². The maximum atomic E-state index is 4.67. The van der Waals surface area contributed by atoms with Crippen LogP contribution in [0.1, 0.15) is 25.5 Å². The fraction of sp³-hybridized carbons (Fsp3) is 0.769. The Kier molecular flexibility index (Phi) is 4.05. The summed E-state index contributed by atoms with van der Waals surface area (Å²) in [6, 6.07) is 0. The van der Waals surface area contributed by atoms with Gasteiger partial charge in [-0.1, -0.05) is 6.92 Å². The molecular formula is C13H24N4. The third-order valence-corrected chi connectivity index (χ3v) is 3.60. The second kappa shape index (κ2) is 5.54. The number of hydrogen-bond donors (Lipinski definition) is 1. The van der Waals surface area contributed by atoms with E-state index in [1.165, 1.54) is 31.6 Å². The molecule has 1 N–H and O–H groups in total. The molecule has 96 valence electrons. The van der Waals surface area contributed by atoms with Crippen LogP contribution in [-0.2, 0) is 13.5 Å². The number of hydrogen-bond acceptors (Lipinski definition) is 3. The number of piperidine rings is 1. The summed E-state index contributed by atoms with van der Waals surface area (Å²) in [5, 5.41) is 3.41. The van der Waals surface area contributed by atoms with Gasteiger partial charge in [0.2, 0.25) is 5.95 Å². The highest BCUT2D eigenvalue weighted by Crippen LogP contribution is 2.17. The Balaban J connectivity index is 1.97. The van der Waals surface area contributed by atoms with Crippen molar-refractivity contribution in [3.63, 3.8) is 0 Å². The van der Waals surface area contributed by atoms with E-state index in [4.69, 9.17) is 0 Å². The standard InChI is InChI=1S/C13H24N4/c1-4-12-10-17(3)13(15-12)16(2)9-11-5-7-14-8-6-11/h10-11,14H,4-9H2,1-3H3. The molecule has 0 saturated carbocycles. The van der Waals surface area contributed by atoms with Crippen molar-refractivity contribution in [1.29, 1.82) is 0 Å². The second-order valence-corrected chi connectivity index (χ2v) is 5.07. The SMILES string of the molecule is CCc1cn(C)c(N(C)CC2CCNCC2)n1. The largest absolute Gasteiger partial charge is 0.345 e. The summed E-state index contributed by atoms with van der Waals surface area (Å²) in [5.74, 6) is 1.91. The first-order valence-corrected chi connectivity index (χ1v) is 6.64. The maximum Gasteiger partial charge on any atom is 0.205 e. The van der Waals surface area contributed by atoms with E-state index in [1.54, 1.807) is 0 Å². The van der Waals surface area contributed by atoms with Crippen LogP contribution >= 0.6 is 0 Å². The van der Waals surface area contributed by atoms with Gasteiger partial charge in [0.15, 0.2) is 0 Å². The molecule has 2 rings (SSSR count). The summed E-state index contributed by atoms with van der Waals surface area (Å²) in [5.41, 5.74) is 1.18. The van der Waals surface area contributed by atoms with Crippen molar-refractivity contribution in [2.45, 2.75) is 26.2 Å². The average Bonchev–Trinajstić information content (AvgIpc) is 2.72. The van der Waals surface area contributed by atoms with Gasteiger partial charge in [-0.3, -0.25) is 0 Å². The van der Waals surface area contributed by atoms with E-state index in [0.717, 1.165) is 24.8 Å². The zero-order chi connectivity index (χ0) is 12.3. The molecular weight excluding hydrogens is 212 g/mol. The summed E-state index contributed by atoms with van der Waals surface area (Å²) in [6.07, 6.45) is 5.72. The number of aryl methyl sites for hydroxylation is 2. The number of aromatic nitrogens is 2. The van der Waals surface area contributed by atoms with Crippen molar-refractivity contribution in [2.24, 2.45) is 13.0 Å². The van der Waals surface area contributed by atoms with Crippen LogP contribution < -0.4 is 10.2 Å². The van der Waals surface area contributed by atoms with Gasteiger partial charge in [0.05, 0.1) is 5.69 Å². The van der Waals surface area contributed by atoms with E-state index in [0.29, 0.717) is 0 Å². The van der Waals surface area contributed by atoms with Crippen molar-refractivity contribution >= 4 is 5.95 Å². The molecule has 0 radical (unpaired) electrons. The lowest BCUT2D eigenvalue weighted by atomic mass is 9.98. The summed E-state index contributed by atoms with van der Waals surface area (Å²) < 4.78 is 2.14. The molecule has 4 nitrogen and oxygen atoms in total. The smallest absolute Gasteiger partial charge is 0.205 e. The predicted molar refractivity (Wildman–Crippen MR) is 71.4 cm³/mol. The molecule has 0 aromatic carbocycles. The molecule has 2 heterocycles. The molecule has 1 aliphatic rings. The van der Waals surface area contributed by atoms with Crippen LogP contribution in [0.5, 0.6) is 0 Å². The minimum Gasteiger partial charge on any atom is -0.345 e. The van der Waals surface area contributed by atoms with Gasteiger partial charge in [-0.25, -0.2) is 4.98 Å². The normalized spacial score (nSPS) is 17.4. The fourth-order valence-electron chi connectivity index (χ4n) is 2.58. The van der Waals surface area contributed by atoms with E-state index >= 15 is 0 Å². The van der Waals surface area contributed by atoms with Crippen molar-refractivity contribution in [3.8, 4) is 0 Å². The van der Waals surface area contributed by atoms with Gasteiger partial charge in [0.25, 0.3) is 0 Å². The van der Waals surface area contributed by atoms with Gasteiger partial charge >= 0.3 is 0 Å². The van der Waals surface area contributed by atoms with Crippen LogP contribution in [0.3, 0.4) is 0 Å². The van der Waals surface area contributed by atoms with Gasteiger partial charge < -0.3 is 14.8 Å². The molecule has 1 aromatic rings. The minimum atomic E-state index is 0.808. The van der Waals surface area contributed by atoms with Gasteiger partial charge in [-0.05, 0) is 38.3 Å². The van der Waals surface area contributed by atoms with Crippen LogP contribution in [0.15, 0.2) is 6.20 Å². The topological polar surface area (TPSA) is 33.1 Å². The van der Waals surface area contributed by atoms with Gasteiger partial charge in [0.1, 0.15) is 0 Å². The van der Waals surface area contributed by atoms with Crippen molar-refractivity contribution < 1.29 is 0 Å². The molecule has 0 aliphatic carbocycles. The molecule has 0 atom stereocenters. The summed E-state index contributed by atoms with van der Waals surface area (Å²) in [6.45, 7) is 5.60. The van der Waals surface area contributed by atoms with Gasteiger partial charge in [0, 0.05) is 26.8 Å². The number of anilines is 1. The van der Waals surface area contributed by atoms with Crippen LogP contribution in [-0.4, -0.2) is 36.2 Å². The third kappa shape index (κ3) is 3.00. The first-order valence-electron chi connectivity index (χ1n) is 6.64. The summed E-state index contributed by atoms with van der Waals surface area (Å²) >= 11 is 0. The van der Waals surface area contributed by atoms with E-state index in [9.17, 15) is 0 Å². The fourth-order valence-corrected chi connectivity index (χ4v) is 2.58. The average molecular weight is 236 g/mol. The number of rotatable bonds is 4. The number of nitrogens with zero attached hydrogens (tertiary/aromatic N) is 3. The highest BCUT2D eigenvalue weighted by atomic mass is 15.3. The molecule has 1 aliphatic heterocycles. The first-order chi connectivity index (χ1) is 8.20. The molecule has 1 fully saturated rings. The maximum absolute atomic E-state index is 4.67. The van der Waals surface area contributed by atoms with E-state index < -0.39 is 0 Å². The second-order valence-electron chi connectivity index (χ2n) is 5.07. The predicted octanol–water partition coefficient (Wildman–Crippen LogP) is 1.42. The zero-order valence-electron chi connectivity index (χ0n) is 11.2. The lowest BCUT2D eigenvalue weighted by Gasteiger charge is -2.28. The minimum absolute atomic E-state index is 0.808. The molecule has 1 aromatic heterocycles. The Morgan fingerprint density at radius 2 is 2.18 bits per heavy atom. The molecule has 0 spiro atoms. The Morgan fingerprint density at radius 1 is 1.47 bits per heavy atom. The Hall–Kier alpha value is -1.03. The van der Waals surface area contributed by atoms with Crippen LogP contribution in [0.25, 0.3) is 0 Å². The molecule has 0 unspecified atom stereocenters. The van der Waals surface area contributed by atoms with Crippen LogP contribution in [0, 0.1) is 5.92 Å². The highest BCUT2D eigenvalue weighted by Gasteiger charge is 2.17. The molecule has 4 heteroatoms. The Labute approximate surface area is 104 Å². The zero-order valence-corrected chi connectivity index (χ0v) is 11.2. The molecule has 0 bridgehead atoms. The molecule has 1 saturated heterocycles. The van der Waals surface area contributed by atoms with Gasteiger partial charge in [-0.15, -0.1) is 0 Å².